The predicted molar refractivity (Wildman–Crippen MR) is 110 cm³/mol. The summed E-state index contributed by atoms with van der Waals surface area (Å²) in [5, 5.41) is 3.94. The highest BCUT2D eigenvalue weighted by atomic mass is 16.5. The number of hydrogen-bond donors (Lipinski definition) is 0. The van der Waals surface area contributed by atoms with Crippen molar-refractivity contribution >= 4 is 5.82 Å². The van der Waals surface area contributed by atoms with Crippen LogP contribution in [0.4, 0.5) is 5.82 Å². The third-order valence-electron chi connectivity index (χ3n) is 5.30. The number of pyridine rings is 1. The van der Waals surface area contributed by atoms with Gasteiger partial charge in [-0.25, -0.2) is 4.98 Å². The fourth-order valence-electron chi connectivity index (χ4n) is 3.94. The summed E-state index contributed by atoms with van der Waals surface area (Å²) in [4.78, 5) is 14.1. The molecule has 0 aliphatic carbocycles. The van der Waals surface area contributed by atoms with Crippen molar-refractivity contribution in [2.75, 3.05) is 24.5 Å². The van der Waals surface area contributed by atoms with Crippen molar-refractivity contribution in [2.45, 2.75) is 39.3 Å². The highest BCUT2D eigenvalue weighted by Crippen LogP contribution is 2.30. The molecular formula is C22H27N5O. The van der Waals surface area contributed by atoms with Crippen LogP contribution in [0.1, 0.15) is 31.2 Å². The average molecular weight is 377 g/mol. The highest BCUT2D eigenvalue weighted by Gasteiger charge is 2.29. The first-order valence-corrected chi connectivity index (χ1v) is 10.0. The summed E-state index contributed by atoms with van der Waals surface area (Å²) in [6, 6.07) is 15.2. The quantitative estimate of drug-likeness (QED) is 0.649. The van der Waals surface area contributed by atoms with E-state index < -0.39 is 0 Å². The minimum Gasteiger partial charge on any atom is -0.353 e. The zero-order chi connectivity index (χ0) is 19.3. The van der Waals surface area contributed by atoms with E-state index >= 15 is 0 Å². The number of benzene rings is 1. The maximum Gasteiger partial charge on any atom is 0.261 e. The molecule has 0 radical (unpaired) electrons. The molecule has 3 aromatic rings. The average Bonchev–Trinajstić information content (AvgIpc) is 3.16. The van der Waals surface area contributed by atoms with E-state index in [0.717, 1.165) is 37.6 Å². The number of aryl methyl sites for hydroxylation is 1. The van der Waals surface area contributed by atoms with Crippen LogP contribution in [0.15, 0.2) is 53.2 Å². The minimum atomic E-state index is 0.498. The van der Waals surface area contributed by atoms with Crippen molar-refractivity contribution in [1.82, 2.24) is 20.0 Å². The van der Waals surface area contributed by atoms with Gasteiger partial charge in [0.2, 0.25) is 0 Å². The molecule has 0 saturated carbocycles. The molecule has 1 fully saturated rings. The topological polar surface area (TPSA) is 58.3 Å². The smallest absolute Gasteiger partial charge is 0.261 e. The number of piperazine rings is 1. The molecule has 1 unspecified atom stereocenters. The highest BCUT2D eigenvalue weighted by molar-refractivity contribution is 5.69. The first kappa shape index (κ1) is 18.6. The summed E-state index contributed by atoms with van der Waals surface area (Å²) in [6.45, 7) is 7.99. The third-order valence-corrected chi connectivity index (χ3v) is 5.30. The monoisotopic (exact) mass is 377 g/mol. The molecule has 1 aliphatic rings. The minimum absolute atomic E-state index is 0.498. The maximum absolute atomic E-state index is 5.42. The van der Waals surface area contributed by atoms with E-state index in [1.165, 1.54) is 18.4 Å². The first-order chi connectivity index (χ1) is 13.7. The molecule has 6 nitrogen and oxygen atoms in total. The van der Waals surface area contributed by atoms with Gasteiger partial charge in [-0.2, -0.15) is 4.98 Å². The molecule has 0 bridgehead atoms. The van der Waals surface area contributed by atoms with Gasteiger partial charge < -0.3 is 9.42 Å². The predicted octanol–water partition coefficient (Wildman–Crippen LogP) is 3.93. The molecule has 146 valence electrons. The van der Waals surface area contributed by atoms with E-state index in [1.54, 1.807) is 0 Å². The summed E-state index contributed by atoms with van der Waals surface area (Å²) >= 11 is 0. The van der Waals surface area contributed by atoms with Gasteiger partial charge in [0.15, 0.2) is 5.82 Å². The molecule has 0 amide bonds. The zero-order valence-electron chi connectivity index (χ0n) is 16.6. The summed E-state index contributed by atoms with van der Waals surface area (Å²) in [7, 11) is 0. The zero-order valence-corrected chi connectivity index (χ0v) is 16.6. The fourth-order valence-corrected chi connectivity index (χ4v) is 3.94. The standard InChI is InChI=1S/C22H27N5O/c1-3-8-19-16-27(14-13-26(19)15-18-9-5-4-6-10-18)21-20(11-7-12-23-21)22-24-17(2)25-28-22/h4-7,9-12,19H,3,8,13-16H2,1-2H3. The molecule has 1 aliphatic heterocycles. The summed E-state index contributed by atoms with van der Waals surface area (Å²) in [6.07, 6.45) is 4.18. The van der Waals surface area contributed by atoms with Gasteiger partial charge in [0.25, 0.3) is 5.89 Å². The van der Waals surface area contributed by atoms with Crippen LogP contribution >= 0.6 is 0 Å². The second-order valence-electron chi connectivity index (χ2n) is 7.37. The first-order valence-electron chi connectivity index (χ1n) is 10.0. The largest absolute Gasteiger partial charge is 0.353 e. The van der Waals surface area contributed by atoms with E-state index in [1.807, 2.05) is 25.3 Å². The van der Waals surface area contributed by atoms with Crippen LogP contribution in [0.2, 0.25) is 0 Å². The molecule has 0 N–H and O–H groups in total. The van der Waals surface area contributed by atoms with Crippen LogP contribution in [0, 0.1) is 6.92 Å². The van der Waals surface area contributed by atoms with E-state index in [-0.39, 0.29) is 0 Å². The molecule has 4 rings (SSSR count). The second kappa shape index (κ2) is 8.52. The van der Waals surface area contributed by atoms with Crippen molar-refractivity contribution in [3.05, 3.63) is 60.0 Å². The van der Waals surface area contributed by atoms with Crippen molar-refractivity contribution in [1.29, 1.82) is 0 Å². The Bertz CT molecular complexity index is 895. The molecule has 0 spiro atoms. The van der Waals surface area contributed by atoms with E-state index in [0.29, 0.717) is 17.8 Å². The van der Waals surface area contributed by atoms with Crippen LogP contribution in [0.3, 0.4) is 0 Å². The molecule has 6 heteroatoms. The van der Waals surface area contributed by atoms with Crippen molar-refractivity contribution in [3.63, 3.8) is 0 Å². The maximum atomic E-state index is 5.42. The lowest BCUT2D eigenvalue weighted by molar-refractivity contribution is 0.158. The lowest BCUT2D eigenvalue weighted by Gasteiger charge is -2.42. The number of anilines is 1. The van der Waals surface area contributed by atoms with Crippen LogP contribution < -0.4 is 4.90 Å². The van der Waals surface area contributed by atoms with Crippen LogP contribution in [0.5, 0.6) is 0 Å². The molecule has 28 heavy (non-hydrogen) atoms. The van der Waals surface area contributed by atoms with Gasteiger partial charge in [0.1, 0.15) is 5.82 Å². The molecule has 1 saturated heterocycles. The van der Waals surface area contributed by atoms with Crippen LogP contribution in [0.25, 0.3) is 11.5 Å². The van der Waals surface area contributed by atoms with E-state index in [2.05, 4.69) is 62.2 Å². The van der Waals surface area contributed by atoms with Gasteiger partial charge in [0.05, 0.1) is 5.56 Å². The van der Waals surface area contributed by atoms with Crippen molar-refractivity contribution < 1.29 is 4.52 Å². The molecular weight excluding hydrogens is 350 g/mol. The lowest BCUT2D eigenvalue weighted by atomic mass is 10.0. The summed E-state index contributed by atoms with van der Waals surface area (Å²) in [5.41, 5.74) is 2.28. The van der Waals surface area contributed by atoms with Gasteiger partial charge in [0, 0.05) is 38.4 Å². The fraction of sp³-hybridized carbons (Fsp3) is 0.409. The summed E-state index contributed by atoms with van der Waals surface area (Å²) in [5.74, 6) is 2.12. The van der Waals surface area contributed by atoms with Gasteiger partial charge in [-0.15, -0.1) is 0 Å². The van der Waals surface area contributed by atoms with Crippen LogP contribution in [-0.4, -0.2) is 45.7 Å². The van der Waals surface area contributed by atoms with Crippen LogP contribution in [-0.2, 0) is 6.54 Å². The normalized spacial score (nSPS) is 17.8. The number of nitrogens with zero attached hydrogens (tertiary/aromatic N) is 5. The van der Waals surface area contributed by atoms with E-state index in [9.17, 15) is 0 Å². The molecule has 1 atom stereocenters. The Morgan fingerprint density at radius 2 is 1.96 bits per heavy atom. The molecule has 2 aromatic heterocycles. The number of rotatable bonds is 6. The Labute approximate surface area is 166 Å². The molecule has 3 heterocycles. The summed E-state index contributed by atoms with van der Waals surface area (Å²) < 4.78 is 5.42. The Morgan fingerprint density at radius 1 is 1.11 bits per heavy atom. The Hall–Kier alpha value is -2.73. The number of hydrogen-bond acceptors (Lipinski definition) is 6. The Morgan fingerprint density at radius 3 is 2.71 bits per heavy atom. The second-order valence-corrected chi connectivity index (χ2v) is 7.37. The molecule has 1 aromatic carbocycles. The van der Waals surface area contributed by atoms with Crippen molar-refractivity contribution in [2.24, 2.45) is 0 Å². The Balaban J connectivity index is 1.55. The Kier molecular flexibility index (Phi) is 5.67. The number of aromatic nitrogens is 3. The SMILES string of the molecule is CCCC1CN(c2ncccc2-c2nc(C)no2)CCN1Cc1ccccc1. The van der Waals surface area contributed by atoms with Gasteiger partial charge in [-0.3, -0.25) is 4.90 Å². The lowest BCUT2D eigenvalue weighted by Crippen LogP contribution is -2.53. The van der Waals surface area contributed by atoms with Gasteiger partial charge in [-0.1, -0.05) is 48.8 Å². The van der Waals surface area contributed by atoms with Gasteiger partial charge in [-0.05, 0) is 31.0 Å². The van der Waals surface area contributed by atoms with Crippen molar-refractivity contribution in [3.8, 4) is 11.5 Å². The van der Waals surface area contributed by atoms with E-state index in [4.69, 9.17) is 4.52 Å². The van der Waals surface area contributed by atoms with Gasteiger partial charge >= 0.3 is 0 Å². The third kappa shape index (κ3) is 4.07.